The van der Waals surface area contributed by atoms with Crippen LogP contribution in [0.3, 0.4) is 0 Å². The van der Waals surface area contributed by atoms with Gasteiger partial charge in [-0.05, 0) is 18.2 Å². The minimum Gasteiger partial charge on any atom is -0.506 e. The normalized spacial score (nSPS) is 10.8. The number of nitrogens with one attached hydrogen (secondary N) is 1. The van der Waals surface area contributed by atoms with E-state index >= 15 is 0 Å². The number of aromatic hydroxyl groups is 1. The summed E-state index contributed by atoms with van der Waals surface area (Å²) in [5.41, 5.74) is 3.06. The SMILES string of the molecule is CNc1cnn2cc(O)cc(-c3ccc(F)nc3)c12. The number of anilines is 1. The lowest BCUT2D eigenvalue weighted by Gasteiger charge is -2.07. The largest absolute Gasteiger partial charge is 0.506 e. The Morgan fingerprint density at radius 3 is 2.84 bits per heavy atom. The van der Waals surface area contributed by atoms with E-state index in [2.05, 4.69) is 15.4 Å². The molecule has 96 valence electrons. The molecule has 0 aliphatic carbocycles. The van der Waals surface area contributed by atoms with Gasteiger partial charge in [-0.25, -0.2) is 9.50 Å². The molecule has 3 aromatic rings. The van der Waals surface area contributed by atoms with Crippen molar-refractivity contribution in [2.75, 3.05) is 12.4 Å². The second kappa shape index (κ2) is 4.24. The highest BCUT2D eigenvalue weighted by molar-refractivity contribution is 5.89. The summed E-state index contributed by atoms with van der Waals surface area (Å²) in [6.45, 7) is 0. The van der Waals surface area contributed by atoms with E-state index in [-0.39, 0.29) is 5.75 Å². The molecule has 0 bridgehead atoms. The van der Waals surface area contributed by atoms with E-state index in [0.717, 1.165) is 16.8 Å². The number of halogens is 1. The van der Waals surface area contributed by atoms with E-state index in [4.69, 9.17) is 0 Å². The van der Waals surface area contributed by atoms with Gasteiger partial charge < -0.3 is 10.4 Å². The van der Waals surface area contributed by atoms with Crippen molar-refractivity contribution in [3.8, 4) is 16.9 Å². The minimum atomic E-state index is -0.540. The lowest BCUT2D eigenvalue weighted by molar-refractivity contribution is 0.471. The summed E-state index contributed by atoms with van der Waals surface area (Å²) in [6.07, 6.45) is 4.60. The van der Waals surface area contributed by atoms with Crippen molar-refractivity contribution in [1.29, 1.82) is 0 Å². The Morgan fingerprint density at radius 2 is 2.16 bits per heavy atom. The Bertz CT molecular complexity index is 736. The number of aromatic nitrogens is 3. The van der Waals surface area contributed by atoms with E-state index in [1.54, 1.807) is 29.9 Å². The van der Waals surface area contributed by atoms with Gasteiger partial charge in [-0.15, -0.1) is 0 Å². The van der Waals surface area contributed by atoms with E-state index in [1.165, 1.54) is 18.5 Å². The smallest absolute Gasteiger partial charge is 0.212 e. The van der Waals surface area contributed by atoms with Gasteiger partial charge in [-0.3, -0.25) is 0 Å². The van der Waals surface area contributed by atoms with E-state index < -0.39 is 5.95 Å². The van der Waals surface area contributed by atoms with Gasteiger partial charge in [0, 0.05) is 24.4 Å². The number of nitrogens with zero attached hydrogens (tertiary/aromatic N) is 3. The molecule has 0 aliphatic rings. The second-order valence-corrected chi connectivity index (χ2v) is 4.08. The Labute approximate surface area is 108 Å². The van der Waals surface area contributed by atoms with E-state index in [9.17, 15) is 9.50 Å². The highest BCUT2D eigenvalue weighted by atomic mass is 19.1. The second-order valence-electron chi connectivity index (χ2n) is 4.08. The topological polar surface area (TPSA) is 62.5 Å². The van der Waals surface area contributed by atoms with Crippen LogP contribution in [0, 0.1) is 5.95 Å². The highest BCUT2D eigenvalue weighted by Gasteiger charge is 2.12. The van der Waals surface area contributed by atoms with Gasteiger partial charge in [0.25, 0.3) is 0 Å². The fourth-order valence-corrected chi connectivity index (χ4v) is 2.05. The molecule has 0 fully saturated rings. The molecular weight excluding hydrogens is 247 g/mol. The predicted octanol–water partition coefficient (Wildman–Crippen LogP) is 2.28. The number of hydrogen-bond donors (Lipinski definition) is 2. The molecule has 2 N–H and O–H groups in total. The first-order valence-electron chi connectivity index (χ1n) is 5.69. The molecular formula is C13H11FN4O. The highest BCUT2D eigenvalue weighted by Crippen LogP contribution is 2.32. The third-order valence-corrected chi connectivity index (χ3v) is 2.91. The van der Waals surface area contributed by atoms with Crippen molar-refractivity contribution in [3.63, 3.8) is 0 Å². The number of fused-ring (bicyclic) bond motifs is 1. The zero-order valence-electron chi connectivity index (χ0n) is 10.1. The molecule has 0 amide bonds. The lowest BCUT2D eigenvalue weighted by atomic mass is 10.1. The zero-order valence-corrected chi connectivity index (χ0v) is 10.1. The molecule has 0 saturated heterocycles. The molecule has 19 heavy (non-hydrogen) atoms. The summed E-state index contributed by atoms with van der Waals surface area (Å²) in [5, 5.41) is 16.9. The molecule has 0 aromatic carbocycles. The third kappa shape index (κ3) is 1.87. The predicted molar refractivity (Wildman–Crippen MR) is 69.6 cm³/mol. The summed E-state index contributed by atoms with van der Waals surface area (Å²) in [5.74, 6) is -0.458. The van der Waals surface area contributed by atoms with Crippen LogP contribution < -0.4 is 5.32 Å². The van der Waals surface area contributed by atoms with Gasteiger partial charge in [-0.2, -0.15) is 9.49 Å². The molecule has 3 rings (SSSR count). The summed E-state index contributed by atoms with van der Waals surface area (Å²) in [7, 11) is 1.79. The maximum Gasteiger partial charge on any atom is 0.212 e. The monoisotopic (exact) mass is 258 g/mol. The summed E-state index contributed by atoms with van der Waals surface area (Å²) >= 11 is 0. The maximum absolute atomic E-state index is 12.9. The fourth-order valence-electron chi connectivity index (χ4n) is 2.05. The van der Waals surface area contributed by atoms with Gasteiger partial charge in [0.15, 0.2) is 0 Å². The molecule has 0 atom stereocenters. The van der Waals surface area contributed by atoms with Gasteiger partial charge in [0.1, 0.15) is 5.75 Å². The van der Waals surface area contributed by atoms with Crippen LogP contribution in [0.2, 0.25) is 0 Å². The van der Waals surface area contributed by atoms with Crippen molar-refractivity contribution in [2.24, 2.45) is 0 Å². The van der Waals surface area contributed by atoms with E-state index in [1.807, 2.05) is 0 Å². The zero-order chi connectivity index (χ0) is 13.4. The van der Waals surface area contributed by atoms with Crippen LogP contribution in [-0.2, 0) is 0 Å². The van der Waals surface area contributed by atoms with Gasteiger partial charge >= 0.3 is 0 Å². The van der Waals surface area contributed by atoms with E-state index in [0.29, 0.717) is 5.56 Å². The summed E-state index contributed by atoms with van der Waals surface area (Å²) < 4.78 is 14.5. The van der Waals surface area contributed by atoms with Crippen LogP contribution in [-0.4, -0.2) is 26.8 Å². The molecule has 0 aliphatic heterocycles. The molecule has 3 heterocycles. The minimum absolute atomic E-state index is 0.0811. The maximum atomic E-state index is 12.9. The number of rotatable bonds is 2. The first kappa shape index (κ1) is 11.5. The molecule has 0 unspecified atom stereocenters. The van der Waals surface area contributed by atoms with Gasteiger partial charge in [0.2, 0.25) is 5.95 Å². The van der Waals surface area contributed by atoms with Crippen molar-refractivity contribution in [1.82, 2.24) is 14.6 Å². The van der Waals surface area contributed by atoms with Crippen LogP contribution in [0.25, 0.3) is 16.6 Å². The third-order valence-electron chi connectivity index (χ3n) is 2.91. The van der Waals surface area contributed by atoms with Crippen LogP contribution >= 0.6 is 0 Å². The summed E-state index contributed by atoms with van der Waals surface area (Å²) in [4.78, 5) is 3.63. The van der Waals surface area contributed by atoms with Gasteiger partial charge in [0.05, 0.1) is 23.6 Å². The molecule has 3 aromatic heterocycles. The average molecular weight is 258 g/mol. The Kier molecular flexibility index (Phi) is 2.56. The first-order chi connectivity index (χ1) is 9.19. The Hall–Kier alpha value is -2.63. The van der Waals surface area contributed by atoms with Crippen molar-refractivity contribution in [2.45, 2.75) is 0 Å². The summed E-state index contributed by atoms with van der Waals surface area (Å²) in [6, 6.07) is 4.50. The van der Waals surface area contributed by atoms with Crippen LogP contribution in [0.15, 0.2) is 36.8 Å². The Morgan fingerprint density at radius 1 is 1.32 bits per heavy atom. The molecule has 0 radical (unpaired) electrons. The number of pyridine rings is 2. The standard InChI is InChI=1S/C13H11FN4O/c1-15-11-6-17-18-7-9(19)4-10(13(11)18)8-2-3-12(14)16-5-8/h2-7,15,19H,1H3. The lowest BCUT2D eigenvalue weighted by Crippen LogP contribution is -1.93. The van der Waals surface area contributed by atoms with Crippen LogP contribution in [0.5, 0.6) is 5.75 Å². The Balaban J connectivity index is 2.32. The fraction of sp³-hybridized carbons (Fsp3) is 0.0769. The van der Waals surface area contributed by atoms with Crippen LogP contribution in [0.1, 0.15) is 0 Å². The average Bonchev–Trinajstić information content (AvgIpc) is 2.81. The number of hydrogen-bond acceptors (Lipinski definition) is 4. The van der Waals surface area contributed by atoms with Crippen molar-refractivity contribution < 1.29 is 9.50 Å². The molecule has 6 heteroatoms. The van der Waals surface area contributed by atoms with Crippen LogP contribution in [0.4, 0.5) is 10.1 Å². The molecule has 0 saturated carbocycles. The van der Waals surface area contributed by atoms with Crippen molar-refractivity contribution in [3.05, 3.63) is 42.7 Å². The quantitative estimate of drug-likeness (QED) is 0.692. The molecule has 0 spiro atoms. The van der Waals surface area contributed by atoms with Gasteiger partial charge in [-0.1, -0.05) is 0 Å². The molecule has 5 nitrogen and oxygen atoms in total. The van der Waals surface area contributed by atoms with Crippen molar-refractivity contribution >= 4 is 11.2 Å². The first-order valence-corrected chi connectivity index (χ1v) is 5.69.